The number of pyridine rings is 1. The van der Waals surface area contributed by atoms with E-state index in [-0.39, 0.29) is 0 Å². The van der Waals surface area contributed by atoms with Crippen molar-refractivity contribution in [3.63, 3.8) is 0 Å². The second-order valence-corrected chi connectivity index (χ2v) is 4.63. The van der Waals surface area contributed by atoms with Crippen LogP contribution in [-0.4, -0.2) is 9.38 Å². The molecule has 3 heterocycles. The summed E-state index contributed by atoms with van der Waals surface area (Å²) in [7, 11) is 0. The summed E-state index contributed by atoms with van der Waals surface area (Å²) in [4.78, 5) is 4.70. The number of hydrogen-bond donors (Lipinski definition) is 1. The quantitative estimate of drug-likeness (QED) is 0.708. The van der Waals surface area contributed by atoms with E-state index < -0.39 is 0 Å². The first-order valence-corrected chi connectivity index (χ1v) is 6.13. The number of rotatable bonds is 1. The van der Waals surface area contributed by atoms with Crippen molar-refractivity contribution in [3.8, 4) is 11.3 Å². The first kappa shape index (κ1) is 9.91. The standard InChI is InChI=1S/C14H13N3O/c15-7-9-1-4-13-16-14-10-5-6-18-12(10)3-2-11(14)17(13)8-9/h1,4-6,8H,2-3,7,15H2. The molecule has 1 aliphatic carbocycles. The monoisotopic (exact) mass is 239 g/mol. The van der Waals surface area contributed by atoms with Crippen LogP contribution in [0.2, 0.25) is 0 Å². The second-order valence-electron chi connectivity index (χ2n) is 4.63. The topological polar surface area (TPSA) is 56.5 Å². The molecule has 0 aliphatic heterocycles. The minimum atomic E-state index is 0.555. The first-order chi connectivity index (χ1) is 8.86. The average Bonchev–Trinajstić information content (AvgIpc) is 3.01. The van der Waals surface area contributed by atoms with E-state index in [1.54, 1.807) is 6.26 Å². The number of furan rings is 1. The second kappa shape index (κ2) is 3.46. The summed E-state index contributed by atoms with van der Waals surface area (Å²) in [6, 6.07) is 6.06. The zero-order valence-electron chi connectivity index (χ0n) is 9.89. The molecular formula is C14H13N3O. The van der Waals surface area contributed by atoms with E-state index in [0.717, 1.165) is 41.1 Å². The molecule has 4 rings (SSSR count). The maximum Gasteiger partial charge on any atom is 0.137 e. The van der Waals surface area contributed by atoms with Gasteiger partial charge in [-0.2, -0.15) is 0 Å². The fourth-order valence-corrected chi connectivity index (χ4v) is 2.69. The minimum absolute atomic E-state index is 0.555. The van der Waals surface area contributed by atoms with Crippen molar-refractivity contribution in [2.24, 2.45) is 5.73 Å². The van der Waals surface area contributed by atoms with Crippen LogP contribution in [0, 0.1) is 0 Å². The van der Waals surface area contributed by atoms with Crippen molar-refractivity contribution in [1.29, 1.82) is 0 Å². The van der Waals surface area contributed by atoms with Gasteiger partial charge in [-0.25, -0.2) is 4.98 Å². The van der Waals surface area contributed by atoms with Gasteiger partial charge in [0.1, 0.15) is 11.4 Å². The Morgan fingerprint density at radius 1 is 1.28 bits per heavy atom. The van der Waals surface area contributed by atoms with Crippen molar-refractivity contribution in [1.82, 2.24) is 9.38 Å². The third-order valence-corrected chi connectivity index (χ3v) is 3.60. The van der Waals surface area contributed by atoms with Crippen molar-refractivity contribution >= 4 is 5.65 Å². The Bertz CT molecular complexity index is 739. The lowest BCUT2D eigenvalue weighted by Crippen LogP contribution is -2.04. The summed E-state index contributed by atoms with van der Waals surface area (Å²) in [6.45, 7) is 0.555. The molecule has 0 fully saturated rings. The molecule has 2 N–H and O–H groups in total. The Kier molecular flexibility index (Phi) is 1.91. The Balaban J connectivity index is 2.04. The Morgan fingerprint density at radius 3 is 3.11 bits per heavy atom. The number of fused-ring (bicyclic) bond motifs is 5. The van der Waals surface area contributed by atoms with Gasteiger partial charge >= 0.3 is 0 Å². The van der Waals surface area contributed by atoms with Gasteiger partial charge in [0.05, 0.1) is 17.7 Å². The van der Waals surface area contributed by atoms with Crippen molar-refractivity contribution in [2.75, 3.05) is 0 Å². The van der Waals surface area contributed by atoms with Gasteiger partial charge in [-0.3, -0.25) is 0 Å². The summed E-state index contributed by atoms with van der Waals surface area (Å²) in [6.07, 6.45) is 5.74. The van der Waals surface area contributed by atoms with E-state index in [9.17, 15) is 0 Å². The molecule has 0 bridgehead atoms. The molecule has 3 aromatic rings. The van der Waals surface area contributed by atoms with Crippen molar-refractivity contribution in [3.05, 3.63) is 47.7 Å². The van der Waals surface area contributed by atoms with Crippen molar-refractivity contribution in [2.45, 2.75) is 19.4 Å². The average molecular weight is 239 g/mol. The molecule has 18 heavy (non-hydrogen) atoms. The zero-order chi connectivity index (χ0) is 12.1. The van der Waals surface area contributed by atoms with Gasteiger partial charge in [-0.15, -0.1) is 0 Å². The van der Waals surface area contributed by atoms with E-state index in [2.05, 4.69) is 10.6 Å². The van der Waals surface area contributed by atoms with Crippen LogP contribution in [0.1, 0.15) is 17.0 Å². The summed E-state index contributed by atoms with van der Waals surface area (Å²) in [5.74, 6) is 1.05. The van der Waals surface area contributed by atoms with E-state index >= 15 is 0 Å². The van der Waals surface area contributed by atoms with Crippen molar-refractivity contribution < 1.29 is 4.42 Å². The van der Waals surface area contributed by atoms with Gasteiger partial charge in [-0.05, 0) is 24.1 Å². The van der Waals surface area contributed by atoms with Gasteiger partial charge in [0.15, 0.2) is 0 Å². The number of hydrogen-bond acceptors (Lipinski definition) is 3. The maximum atomic E-state index is 5.70. The summed E-state index contributed by atoms with van der Waals surface area (Å²) in [5, 5.41) is 0. The molecule has 1 aliphatic rings. The SMILES string of the molecule is NCc1ccc2nc3c(n2c1)CCc1occc1-3. The molecule has 90 valence electrons. The molecular weight excluding hydrogens is 226 g/mol. The minimum Gasteiger partial charge on any atom is -0.469 e. The molecule has 0 amide bonds. The van der Waals surface area contributed by atoms with Crippen LogP contribution in [-0.2, 0) is 19.4 Å². The Hall–Kier alpha value is -2.07. The third-order valence-electron chi connectivity index (χ3n) is 3.60. The summed E-state index contributed by atoms with van der Waals surface area (Å²) < 4.78 is 7.64. The number of aromatic nitrogens is 2. The van der Waals surface area contributed by atoms with E-state index in [1.165, 1.54) is 5.69 Å². The zero-order valence-corrected chi connectivity index (χ0v) is 9.89. The summed E-state index contributed by atoms with van der Waals surface area (Å²) >= 11 is 0. The van der Waals surface area contributed by atoms with E-state index in [1.807, 2.05) is 18.2 Å². The Morgan fingerprint density at radius 2 is 2.22 bits per heavy atom. The fourth-order valence-electron chi connectivity index (χ4n) is 2.69. The lowest BCUT2D eigenvalue weighted by molar-refractivity contribution is 0.505. The lowest BCUT2D eigenvalue weighted by atomic mass is 9.99. The van der Waals surface area contributed by atoms with Crippen LogP contribution in [0.4, 0.5) is 0 Å². The number of aryl methyl sites for hydroxylation is 2. The van der Waals surface area contributed by atoms with Gasteiger partial charge in [0.25, 0.3) is 0 Å². The molecule has 4 heteroatoms. The molecule has 0 atom stereocenters. The van der Waals surface area contributed by atoms with Crippen LogP contribution < -0.4 is 5.73 Å². The highest BCUT2D eigenvalue weighted by molar-refractivity contribution is 5.70. The molecule has 0 radical (unpaired) electrons. The highest BCUT2D eigenvalue weighted by atomic mass is 16.3. The Labute approximate surface area is 104 Å². The first-order valence-electron chi connectivity index (χ1n) is 6.13. The number of nitrogens with zero attached hydrogens (tertiary/aromatic N) is 2. The molecule has 4 nitrogen and oxygen atoms in total. The van der Waals surface area contributed by atoms with Crippen LogP contribution in [0.25, 0.3) is 16.9 Å². The molecule has 0 saturated heterocycles. The third kappa shape index (κ3) is 1.21. The van der Waals surface area contributed by atoms with Crippen LogP contribution in [0.15, 0.2) is 35.1 Å². The normalized spacial score (nSPS) is 13.6. The van der Waals surface area contributed by atoms with Crippen LogP contribution in [0.5, 0.6) is 0 Å². The highest BCUT2D eigenvalue weighted by Crippen LogP contribution is 2.34. The van der Waals surface area contributed by atoms with Gasteiger partial charge in [0.2, 0.25) is 0 Å². The number of imidazole rings is 1. The molecule has 0 spiro atoms. The smallest absolute Gasteiger partial charge is 0.137 e. The number of nitrogens with two attached hydrogens (primary N) is 1. The predicted octanol–water partition coefficient (Wildman–Crippen LogP) is 2.15. The summed E-state index contributed by atoms with van der Waals surface area (Å²) in [5.41, 5.74) is 11.2. The van der Waals surface area contributed by atoms with E-state index in [0.29, 0.717) is 6.54 Å². The molecule has 0 aromatic carbocycles. The van der Waals surface area contributed by atoms with Gasteiger partial charge in [-0.1, -0.05) is 6.07 Å². The fraction of sp³-hybridized carbons (Fsp3) is 0.214. The lowest BCUT2D eigenvalue weighted by Gasteiger charge is -2.10. The predicted molar refractivity (Wildman–Crippen MR) is 68.2 cm³/mol. The van der Waals surface area contributed by atoms with Gasteiger partial charge in [0, 0.05) is 24.7 Å². The van der Waals surface area contributed by atoms with E-state index in [4.69, 9.17) is 15.1 Å². The molecule has 0 saturated carbocycles. The molecule has 0 unspecified atom stereocenters. The highest BCUT2D eigenvalue weighted by Gasteiger charge is 2.23. The van der Waals surface area contributed by atoms with Gasteiger partial charge < -0.3 is 14.6 Å². The van der Waals surface area contributed by atoms with Crippen LogP contribution in [0.3, 0.4) is 0 Å². The largest absolute Gasteiger partial charge is 0.469 e. The van der Waals surface area contributed by atoms with Crippen LogP contribution >= 0.6 is 0 Å². The molecule has 3 aromatic heterocycles. The maximum absolute atomic E-state index is 5.70.